The Balaban J connectivity index is 2.00. The van der Waals surface area contributed by atoms with Crippen molar-refractivity contribution in [1.82, 2.24) is 14.1 Å². The number of rotatable bonds is 2. The van der Waals surface area contributed by atoms with Gasteiger partial charge >= 0.3 is 12.1 Å². The van der Waals surface area contributed by atoms with Gasteiger partial charge in [-0.05, 0) is 30.3 Å². The number of hydrogen-bond donors (Lipinski definition) is 1. The summed E-state index contributed by atoms with van der Waals surface area (Å²) < 4.78 is 42.5. The molecule has 1 aromatic carbocycles. The molecule has 3 heterocycles. The molecule has 0 amide bonds. The van der Waals surface area contributed by atoms with Crippen LogP contribution in [0.1, 0.15) is 15.2 Å². The molecule has 5 nitrogen and oxygen atoms in total. The van der Waals surface area contributed by atoms with E-state index in [2.05, 4.69) is 4.98 Å². The number of halogens is 3. The number of carboxylic acids is 1. The smallest absolute Gasteiger partial charge is 0.416 e. The van der Waals surface area contributed by atoms with Crippen molar-refractivity contribution in [1.29, 1.82) is 0 Å². The van der Waals surface area contributed by atoms with E-state index in [0.717, 1.165) is 33.7 Å². The average Bonchev–Trinajstić information content (AvgIpc) is 3.18. The van der Waals surface area contributed by atoms with Gasteiger partial charge in [0.15, 0.2) is 5.65 Å². The average molecular weight is 365 g/mol. The van der Waals surface area contributed by atoms with Crippen molar-refractivity contribution >= 4 is 38.7 Å². The van der Waals surface area contributed by atoms with E-state index in [1.54, 1.807) is 22.5 Å². The molecule has 0 aliphatic rings. The molecule has 0 radical (unpaired) electrons. The maximum Gasteiger partial charge on any atom is 0.416 e. The highest BCUT2D eigenvalue weighted by Crippen LogP contribution is 2.37. The van der Waals surface area contributed by atoms with Crippen molar-refractivity contribution in [2.24, 2.45) is 7.05 Å². The van der Waals surface area contributed by atoms with E-state index in [-0.39, 0.29) is 4.88 Å². The third-order valence-corrected chi connectivity index (χ3v) is 5.08. The highest BCUT2D eigenvalue weighted by Gasteiger charge is 2.30. The molecule has 128 valence electrons. The quantitative estimate of drug-likeness (QED) is 0.576. The predicted octanol–water partition coefficient (Wildman–Crippen LogP) is 4.30. The maximum atomic E-state index is 12.8. The fraction of sp³-hybridized carbons (Fsp3) is 0.125. The van der Waals surface area contributed by atoms with Gasteiger partial charge in [0.1, 0.15) is 10.4 Å². The largest absolute Gasteiger partial charge is 0.477 e. The molecule has 0 fully saturated rings. The molecular weight excluding hydrogens is 355 g/mol. The third-order valence-electron chi connectivity index (χ3n) is 3.96. The molecule has 9 heteroatoms. The normalized spacial score (nSPS) is 12.3. The van der Waals surface area contributed by atoms with Crippen molar-refractivity contribution in [2.75, 3.05) is 0 Å². The number of aromatic nitrogens is 3. The van der Waals surface area contributed by atoms with Crippen molar-refractivity contribution in [3.63, 3.8) is 0 Å². The first-order chi connectivity index (χ1) is 11.8. The van der Waals surface area contributed by atoms with Crippen LogP contribution in [-0.2, 0) is 13.2 Å². The summed E-state index contributed by atoms with van der Waals surface area (Å²) in [6, 6.07) is 6.23. The minimum atomic E-state index is -4.41. The molecule has 0 atom stereocenters. The van der Waals surface area contributed by atoms with Gasteiger partial charge in [-0.25, -0.2) is 9.78 Å². The van der Waals surface area contributed by atoms with Gasteiger partial charge in [0, 0.05) is 12.7 Å². The van der Waals surface area contributed by atoms with Crippen LogP contribution in [-0.4, -0.2) is 25.2 Å². The summed E-state index contributed by atoms with van der Waals surface area (Å²) in [4.78, 5) is 15.8. The monoisotopic (exact) mass is 365 g/mol. The van der Waals surface area contributed by atoms with Crippen LogP contribution in [0.5, 0.6) is 0 Å². The van der Waals surface area contributed by atoms with E-state index in [1.807, 2.05) is 0 Å². The number of aromatic carboxylic acids is 1. The zero-order valence-corrected chi connectivity index (χ0v) is 13.5. The van der Waals surface area contributed by atoms with E-state index < -0.39 is 17.7 Å². The fourth-order valence-corrected chi connectivity index (χ4v) is 3.91. The van der Waals surface area contributed by atoms with Crippen LogP contribution in [0, 0.1) is 0 Å². The van der Waals surface area contributed by atoms with Crippen LogP contribution in [0.4, 0.5) is 13.2 Å². The number of carbonyl (C=O) groups is 1. The van der Waals surface area contributed by atoms with Crippen molar-refractivity contribution in [3.8, 4) is 5.69 Å². The second-order valence-electron chi connectivity index (χ2n) is 5.54. The molecule has 0 saturated carbocycles. The lowest BCUT2D eigenvalue weighted by atomic mass is 10.2. The second-order valence-corrected chi connectivity index (χ2v) is 6.59. The first kappa shape index (κ1) is 15.7. The summed E-state index contributed by atoms with van der Waals surface area (Å²) in [7, 11) is 1.78. The van der Waals surface area contributed by atoms with Crippen molar-refractivity contribution in [2.45, 2.75) is 6.18 Å². The molecule has 0 saturated heterocycles. The van der Waals surface area contributed by atoms with Crippen LogP contribution >= 0.6 is 11.3 Å². The Hall–Kier alpha value is -2.81. The zero-order valence-electron chi connectivity index (χ0n) is 12.7. The molecule has 25 heavy (non-hydrogen) atoms. The molecule has 3 aromatic heterocycles. The van der Waals surface area contributed by atoms with Crippen molar-refractivity contribution in [3.05, 3.63) is 47.1 Å². The summed E-state index contributed by atoms with van der Waals surface area (Å²) in [5.74, 6) is -1.05. The van der Waals surface area contributed by atoms with Crippen LogP contribution in [0.3, 0.4) is 0 Å². The lowest BCUT2D eigenvalue weighted by Gasteiger charge is -2.09. The predicted molar refractivity (Wildman–Crippen MR) is 87.4 cm³/mol. The minimum Gasteiger partial charge on any atom is -0.477 e. The van der Waals surface area contributed by atoms with Gasteiger partial charge in [0.2, 0.25) is 0 Å². The molecule has 0 aliphatic heterocycles. The number of alkyl halides is 3. The van der Waals surface area contributed by atoms with Crippen LogP contribution < -0.4 is 0 Å². The van der Waals surface area contributed by atoms with Gasteiger partial charge < -0.3 is 9.67 Å². The molecule has 1 N–H and O–H groups in total. The molecule has 0 spiro atoms. The number of fused-ring (bicyclic) bond motifs is 3. The Bertz CT molecular complexity index is 1120. The number of carboxylic acid groups (broad SMARTS) is 1. The Kier molecular flexibility index (Phi) is 3.20. The minimum absolute atomic E-state index is 0.161. The summed E-state index contributed by atoms with van der Waals surface area (Å²) >= 11 is 1.12. The van der Waals surface area contributed by atoms with Crippen molar-refractivity contribution < 1.29 is 23.1 Å². The van der Waals surface area contributed by atoms with E-state index in [0.29, 0.717) is 16.9 Å². The second kappa shape index (κ2) is 5.09. The summed E-state index contributed by atoms with van der Waals surface area (Å²) in [5.41, 5.74) is 1.67. The SMILES string of the molecule is Cn1cnc2c1c1sc(C(=O)O)cc1n2-c1ccc(C(F)(F)F)cc1. The summed E-state index contributed by atoms with van der Waals surface area (Å²) in [6.45, 7) is 0. The molecular formula is C16H10F3N3O2S. The van der Waals surface area contributed by atoms with Gasteiger partial charge in [-0.2, -0.15) is 13.2 Å². The van der Waals surface area contributed by atoms with Crippen LogP contribution in [0.2, 0.25) is 0 Å². The lowest BCUT2D eigenvalue weighted by molar-refractivity contribution is -0.137. The topological polar surface area (TPSA) is 60.1 Å². The Morgan fingerprint density at radius 1 is 1.24 bits per heavy atom. The van der Waals surface area contributed by atoms with E-state index in [1.165, 1.54) is 18.2 Å². The number of thiophene rings is 1. The van der Waals surface area contributed by atoms with Crippen LogP contribution in [0.25, 0.3) is 27.1 Å². The van der Waals surface area contributed by atoms with Gasteiger partial charge in [-0.1, -0.05) is 0 Å². The first-order valence-corrected chi connectivity index (χ1v) is 7.95. The third kappa shape index (κ3) is 2.30. The maximum absolute atomic E-state index is 12.8. The van der Waals surface area contributed by atoms with Gasteiger partial charge in [0.25, 0.3) is 0 Å². The summed E-state index contributed by atoms with van der Waals surface area (Å²) in [6.07, 6.45) is -2.82. The first-order valence-electron chi connectivity index (χ1n) is 7.13. The van der Waals surface area contributed by atoms with Gasteiger partial charge in [0.05, 0.1) is 22.1 Å². The van der Waals surface area contributed by atoms with Gasteiger partial charge in [-0.15, -0.1) is 11.3 Å². The zero-order chi connectivity index (χ0) is 17.9. The molecule has 4 rings (SSSR count). The van der Waals surface area contributed by atoms with E-state index in [4.69, 9.17) is 0 Å². The molecule has 0 bridgehead atoms. The highest BCUT2D eigenvalue weighted by molar-refractivity contribution is 7.21. The standard InChI is InChI=1S/C16H10F3N3O2S/c1-21-7-20-14-12(21)13-10(6-11(25-13)15(23)24)22(14)9-4-2-8(3-5-9)16(17,18)19/h2-7H,1H3,(H,23,24). The van der Waals surface area contributed by atoms with Crippen LogP contribution in [0.15, 0.2) is 36.7 Å². The number of hydrogen-bond acceptors (Lipinski definition) is 3. The van der Waals surface area contributed by atoms with Gasteiger partial charge in [-0.3, -0.25) is 4.57 Å². The number of imidazole rings is 1. The Morgan fingerprint density at radius 2 is 1.92 bits per heavy atom. The summed E-state index contributed by atoms with van der Waals surface area (Å²) in [5, 5.41) is 9.24. The molecule has 0 aliphatic carbocycles. The van der Waals surface area contributed by atoms with E-state index >= 15 is 0 Å². The lowest BCUT2D eigenvalue weighted by Crippen LogP contribution is -2.05. The number of benzene rings is 1. The molecule has 0 unspecified atom stereocenters. The number of aryl methyl sites for hydroxylation is 1. The Morgan fingerprint density at radius 3 is 2.52 bits per heavy atom. The Labute approximate surface area is 142 Å². The van der Waals surface area contributed by atoms with E-state index in [9.17, 15) is 23.1 Å². The molecule has 4 aromatic rings. The fourth-order valence-electron chi connectivity index (χ4n) is 2.84. The number of nitrogens with zero attached hydrogens (tertiary/aromatic N) is 3. The highest BCUT2D eigenvalue weighted by atomic mass is 32.1.